The summed E-state index contributed by atoms with van der Waals surface area (Å²) in [6.45, 7) is 0. The molecule has 0 aliphatic rings. The first-order chi connectivity index (χ1) is 14.0. The van der Waals surface area contributed by atoms with Crippen molar-refractivity contribution in [2.45, 2.75) is 5.16 Å². The summed E-state index contributed by atoms with van der Waals surface area (Å²) in [6.07, 6.45) is 1.43. The number of H-pyrrole nitrogens is 1. The molecular formula is C19H13Cl2N5O2S. The summed E-state index contributed by atoms with van der Waals surface area (Å²) in [7, 11) is 0. The number of hydrogen-bond acceptors (Lipinski definition) is 5. The summed E-state index contributed by atoms with van der Waals surface area (Å²) in [5, 5.41) is 11.2. The number of aromatic nitrogens is 4. The number of halogens is 2. The number of aromatic amines is 1. The van der Waals surface area contributed by atoms with E-state index in [1.807, 2.05) is 0 Å². The normalized spacial score (nSPS) is 11.0. The fourth-order valence-electron chi connectivity index (χ4n) is 2.65. The zero-order valence-corrected chi connectivity index (χ0v) is 17.1. The summed E-state index contributed by atoms with van der Waals surface area (Å²) in [4.78, 5) is 29.8. The van der Waals surface area contributed by atoms with Crippen molar-refractivity contribution in [3.8, 4) is 5.69 Å². The molecule has 2 N–H and O–H groups in total. The Morgan fingerprint density at radius 2 is 1.72 bits per heavy atom. The average Bonchev–Trinajstić information content (AvgIpc) is 3.18. The summed E-state index contributed by atoms with van der Waals surface area (Å²) in [5.41, 5.74) is 1.30. The van der Waals surface area contributed by atoms with Gasteiger partial charge in [0, 0.05) is 15.7 Å². The lowest BCUT2D eigenvalue weighted by Gasteiger charge is -2.12. The van der Waals surface area contributed by atoms with Gasteiger partial charge in [0.1, 0.15) is 5.39 Å². The van der Waals surface area contributed by atoms with Crippen molar-refractivity contribution in [2.75, 3.05) is 11.1 Å². The second-order valence-electron chi connectivity index (χ2n) is 5.99. The molecule has 146 valence electrons. The molecule has 0 fully saturated rings. The molecule has 2 aromatic heterocycles. The number of benzene rings is 2. The maximum atomic E-state index is 13.0. The molecule has 0 aliphatic heterocycles. The molecule has 0 aliphatic carbocycles. The van der Waals surface area contributed by atoms with Crippen molar-refractivity contribution in [3.05, 3.63) is 75.1 Å². The number of rotatable bonds is 5. The number of nitrogens with one attached hydrogen (secondary N) is 2. The summed E-state index contributed by atoms with van der Waals surface area (Å²) in [6, 6.07) is 13.6. The highest BCUT2D eigenvalue weighted by molar-refractivity contribution is 7.99. The molecule has 0 unspecified atom stereocenters. The third-order valence-corrected chi connectivity index (χ3v) is 5.44. The summed E-state index contributed by atoms with van der Waals surface area (Å²) in [5.74, 6) is -0.179. The zero-order chi connectivity index (χ0) is 20.4. The van der Waals surface area contributed by atoms with Gasteiger partial charge in [-0.3, -0.25) is 19.3 Å². The highest BCUT2D eigenvalue weighted by Crippen LogP contribution is 2.22. The van der Waals surface area contributed by atoms with E-state index in [0.29, 0.717) is 37.6 Å². The Balaban J connectivity index is 1.63. The van der Waals surface area contributed by atoms with Crippen LogP contribution in [0.3, 0.4) is 0 Å². The molecule has 0 saturated carbocycles. The Morgan fingerprint density at radius 1 is 1.07 bits per heavy atom. The first kappa shape index (κ1) is 19.5. The molecule has 2 aromatic carbocycles. The second-order valence-corrected chi connectivity index (χ2v) is 7.80. The second kappa shape index (κ2) is 8.28. The molecule has 0 spiro atoms. The van der Waals surface area contributed by atoms with Gasteiger partial charge in [-0.15, -0.1) is 0 Å². The van der Waals surface area contributed by atoms with Gasteiger partial charge in [-0.2, -0.15) is 5.10 Å². The lowest BCUT2D eigenvalue weighted by molar-refractivity contribution is -0.113. The van der Waals surface area contributed by atoms with Crippen LogP contribution in [0.4, 0.5) is 5.69 Å². The summed E-state index contributed by atoms with van der Waals surface area (Å²) < 4.78 is 1.44. The minimum absolute atomic E-state index is 0.0578. The van der Waals surface area contributed by atoms with Gasteiger partial charge in [-0.25, -0.2) is 4.98 Å². The molecule has 2 heterocycles. The number of hydrogen-bond donors (Lipinski definition) is 2. The maximum Gasteiger partial charge on any atom is 0.269 e. The van der Waals surface area contributed by atoms with Crippen LogP contribution in [0, 0.1) is 0 Å². The third-order valence-electron chi connectivity index (χ3n) is 4.00. The van der Waals surface area contributed by atoms with Crippen LogP contribution in [-0.4, -0.2) is 31.4 Å². The molecular weight excluding hydrogens is 433 g/mol. The van der Waals surface area contributed by atoms with Crippen molar-refractivity contribution in [1.82, 2.24) is 19.7 Å². The smallest absolute Gasteiger partial charge is 0.269 e. The molecule has 0 atom stereocenters. The van der Waals surface area contributed by atoms with Gasteiger partial charge >= 0.3 is 0 Å². The fourth-order valence-corrected chi connectivity index (χ4v) is 3.71. The highest BCUT2D eigenvalue weighted by atomic mass is 35.5. The van der Waals surface area contributed by atoms with Gasteiger partial charge in [-0.1, -0.05) is 35.0 Å². The number of amides is 1. The Morgan fingerprint density at radius 3 is 2.41 bits per heavy atom. The molecule has 7 nitrogen and oxygen atoms in total. The number of nitrogens with zero attached hydrogens (tertiary/aromatic N) is 3. The predicted octanol–water partition coefficient (Wildman–Crippen LogP) is 4.15. The van der Waals surface area contributed by atoms with E-state index in [1.54, 1.807) is 48.5 Å². The van der Waals surface area contributed by atoms with E-state index in [0.717, 1.165) is 11.8 Å². The summed E-state index contributed by atoms with van der Waals surface area (Å²) >= 11 is 13.0. The number of carbonyl (C=O) groups is 1. The Bertz CT molecular complexity index is 1240. The number of fused-ring (bicyclic) bond motifs is 1. The first-order valence-corrected chi connectivity index (χ1v) is 10.2. The Labute approximate surface area is 179 Å². The minimum atomic E-state index is -0.285. The number of thioether (sulfide) groups is 1. The molecule has 0 bridgehead atoms. The van der Waals surface area contributed by atoms with Crippen LogP contribution >= 0.6 is 35.0 Å². The van der Waals surface area contributed by atoms with Crippen molar-refractivity contribution >= 4 is 57.6 Å². The topological polar surface area (TPSA) is 92.7 Å². The molecule has 0 radical (unpaired) electrons. The van der Waals surface area contributed by atoms with Crippen molar-refractivity contribution < 1.29 is 4.79 Å². The fraction of sp³-hybridized carbons (Fsp3) is 0.0526. The average molecular weight is 446 g/mol. The molecule has 29 heavy (non-hydrogen) atoms. The van der Waals surface area contributed by atoms with Gasteiger partial charge in [-0.05, 0) is 48.5 Å². The SMILES string of the molecule is O=C(CSc1nc2[nH]ncc2c(=O)n1-c1ccc(Cl)cc1)Nc1ccc(Cl)cc1. The van der Waals surface area contributed by atoms with Gasteiger partial charge in [0.05, 0.1) is 17.6 Å². The van der Waals surface area contributed by atoms with E-state index in [1.165, 1.54) is 10.8 Å². The quantitative estimate of drug-likeness (QED) is 0.355. The zero-order valence-electron chi connectivity index (χ0n) is 14.7. The van der Waals surface area contributed by atoms with Crippen LogP contribution in [0.15, 0.2) is 64.7 Å². The lowest BCUT2D eigenvalue weighted by Crippen LogP contribution is -2.22. The van der Waals surface area contributed by atoms with Crippen molar-refractivity contribution in [3.63, 3.8) is 0 Å². The van der Waals surface area contributed by atoms with Gasteiger partial charge in [0.2, 0.25) is 5.91 Å². The Kier molecular flexibility index (Phi) is 5.57. The van der Waals surface area contributed by atoms with Crippen molar-refractivity contribution in [2.24, 2.45) is 0 Å². The lowest BCUT2D eigenvalue weighted by atomic mass is 10.3. The third kappa shape index (κ3) is 4.29. The molecule has 4 aromatic rings. The first-order valence-electron chi connectivity index (χ1n) is 8.41. The predicted molar refractivity (Wildman–Crippen MR) is 115 cm³/mol. The molecule has 1 amide bonds. The largest absolute Gasteiger partial charge is 0.325 e. The van der Waals surface area contributed by atoms with Gasteiger partial charge in [0.25, 0.3) is 5.56 Å². The van der Waals surface area contributed by atoms with Crippen LogP contribution in [0.5, 0.6) is 0 Å². The van der Waals surface area contributed by atoms with Crippen LogP contribution < -0.4 is 10.9 Å². The molecule has 0 saturated heterocycles. The van der Waals surface area contributed by atoms with Crippen LogP contribution in [0.1, 0.15) is 0 Å². The van der Waals surface area contributed by atoms with E-state index in [2.05, 4.69) is 20.5 Å². The van der Waals surface area contributed by atoms with E-state index in [-0.39, 0.29) is 17.2 Å². The van der Waals surface area contributed by atoms with Crippen LogP contribution in [0.25, 0.3) is 16.7 Å². The van der Waals surface area contributed by atoms with Gasteiger partial charge in [0.15, 0.2) is 10.8 Å². The standard InChI is InChI=1S/C19H13Cl2N5O2S/c20-11-1-5-13(6-2-11)23-16(27)10-29-19-24-17-15(9-22-25-17)18(28)26(19)14-7-3-12(21)4-8-14/h1-9H,10H2,(H,22,25)(H,23,27). The van der Waals surface area contributed by atoms with E-state index >= 15 is 0 Å². The highest BCUT2D eigenvalue weighted by Gasteiger charge is 2.16. The van der Waals surface area contributed by atoms with E-state index in [4.69, 9.17) is 23.2 Å². The minimum Gasteiger partial charge on any atom is -0.325 e. The van der Waals surface area contributed by atoms with E-state index in [9.17, 15) is 9.59 Å². The Hall–Kier alpha value is -2.81. The monoisotopic (exact) mass is 445 g/mol. The molecule has 10 heteroatoms. The number of carbonyl (C=O) groups excluding carboxylic acids is 1. The van der Waals surface area contributed by atoms with Crippen LogP contribution in [-0.2, 0) is 4.79 Å². The van der Waals surface area contributed by atoms with Crippen molar-refractivity contribution in [1.29, 1.82) is 0 Å². The van der Waals surface area contributed by atoms with Crippen LogP contribution in [0.2, 0.25) is 10.0 Å². The van der Waals surface area contributed by atoms with E-state index < -0.39 is 0 Å². The van der Waals surface area contributed by atoms with Gasteiger partial charge < -0.3 is 5.32 Å². The number of anilines is 1. The molecule has 4 rings (SSSR count). The maximum absolute atomic E-state index is 13.0.